The van der Waals surface area contributed by atoms with Gasteiger partial charge < -0.3 is 0 Å². The molecule has 1 aromatic carbocycles. The molecule has 1 aromatic rings. The van der Waals surface area contributed by atoms with Gasteiger partial charge in [-0.05, 0) is 32.3 Å². The van der Waals surface area contributed by atoms with Crippen molar-refractivity contribution in [2.75, 3.05) is 13.1 Å². The van der Waals surface area contributed by atoms with E-state index >= 15 is 0 Å². The molecule has 16 heavy (non-hydrogen) atoms. The Kier molecular flexibility index (Phi) is 3.79. The molecule has 1 aliphatic rings. The van der Waals surface area contributed by atoms with Crippen LogP contribution in [0.5, 0.6) is 0 Å². The number of hydrogen-bond acceptors (Lipinski definition) is 1. The molecule has 1 saturated heterocycles. The Balaban J connectivity index is 1.89. The van der Waals surface area contributed by atoms with E-state index in [9.17, 15) is 0 Å². The summed E-state index contributed by atoms with van der Waals surface area (Å²) < 4.78 is 0. The maximum atomic E-state index is 2.56. The summed E-state index contributed by atoms with van der Waals surface area (Å²) in [5.41, 5.74) is 4.63. The van der Waals surface area contributed by atoms with E-state index in [1.54, 1.807) is 5.57 Å². The van der Waals surface area contributed by atoms with E-state index in [0.29, 0.717) is 0 Å². The summed E-state index contributed by atoms with van der Waals surface area (Å²) in [6, 6.07) is 10.8. The molecule has 0 unspecified atom stereocenters. The molecule has 0 aliphatic carbocycles. The normalized spacial score (nSPS) is 17.5. The molecule has 0 N–H and O–H groups in total. The lowest BCUT2D eigenvalue weighted by molar-refractivity contribution is 0.247. The van der Waals surface area contributed by atoms with Gasteiger partial charge in [0.15, 0.2) is 0 Å². The van der Waals surface area contributed by atoms with Gasteiger partial charge in [0.2, 0.25) is 0 Å². The first-order valence-corrected chi connectivity index (χ1v) is 6.17. The maximum Gasteiger partial charge on any atom is 0.0233 e. The minimum atomic E-state index is 1.11. The van der Waals surface area contributed by atoms with Gasteiger partial charge in [0.05, 0.1) is 0 Å². The minimum Gasteiger partial charge on any atom is -0.298 e. The molecule has 1 nitrogen and oxygen atoms in total. The molecule has 0 saturated carbocycles. The van der Waals surface area contributed by atoms with Crippen molar-refractivity contribution in [2.24, 2.45) is 0 Å². The van der Waals surface area contributed by atoms with Gasteiger partial charge in [-0.25, -0.2) is 0 Å². The lowest BCUT2D eigenvalue weighted by Crippen LogP contribution is -2.30. The van der Waals surface area contributed by atoms with Crippen LogP contribution in [0.25, 0.3) is 0 Å². The van der Waals surface area contributed by atoms with Crippen molar-refractivity contribution >= 4 is 0 Å². The summed E-state index contributed by atoms with van der Waals surface area (Å²) in [5.74, 6) is 0. The topological polar surface area (TPSA) is 3.24 Å². The number of nitrogens with zero attached hydrogens (tertiary/aromatic N) is 1. The van der Waals surface area contributed by atoms with Gasteiger partial charge in [0.1, 0.15) is 0 Å². The van der Waals surface area contributed by atoms with Crippen molar-refractivity contribution < 1.29 is 0 Å². The van der Waals surface area contributed by atoms with Crippen molar-refractivity contribution in [3.63, 3.8) is 0 Å². The van der Waals surface area contributed by atoms with Crippen LogP contribution in [0.15, 0.2) is 41.5 Å². The Labute approximate surface area is 98.8 Å². The van der Waals surface area contributed by atoms with Crippen molar-refractivity contribution in [3.8, 4) is 0 Å². The van der Waals surface area contributed by atoms with Crippen LogP contribution in [0.1, 0.15) is 32.3 Å². The molecule has 2 rings (SSSR count). The molecule has 86 valence electrons. The van der Waals surface area contributed by atoms with E-state index in [0.717, 1.165) is 6.54 Å². The zero-order valence-corrected chi connectivity index (χ0v) is 10.4. The SMILES string of the molecule is CC(C)=C1CCN(Cc2ccccc2)CC1. The molecule has 0 amide bonds. The number of allylic oxidation sites excluding steroid dienone is 1. The predicted octanol–water partition coefficient (Wildman–Crippen LogP) is 3.62. The van der Waals surface area contributed by atoms with Gasteiger partial charge in [0, 0.05) is 19.6 Å². The number of benzene rings is 1. The Morgan fingerprint density at radius 1 is 1.06 bits per heavy atom. The van der Waals surface area contributed by atoms with Crippen LogP contribution in [0.4, 0.5) is 0 Å². The van der Waals surface area contributed by atoms with Gasteiger partial charge in [-0.2, -0.15) is 0 Å². The summed E-state index contributed by atoms with van der Waals surface area (Å²) in [4.78, 5) is 2.56. The molecule has 1 heteroatoms. The minimum absolute atomic E-state index is 1.11. The second-order valence-corrected chi connectivity index (χ2v) is 4.87. The van der Waals surface area contributed by atoms with Gasteiger partial charge in [-0.15, -0.1) is 0 Å². The Hall–Kier alpha value is -1.08. The summed E-state index contributed by atoms with van der Waals surface area (Å²) >= 11 is 0. The van der Waals surface area contributed by atoms with E-state index in [4.69, 9.17) is 0 Å². The molecule has 0 bridgehead atoms. The van der Waals surface area contributed by atoms with Crippen molar-refractivity contribution in [2.45, 2.75) is 33.2 Å². The van der Waals surface area contributed by atoms with E-state index < -0.39 is 0 Å². The average Bonchev–Trinajstić information content (AvgIpc) is 2.31. The number of hydrogen-bond donors (Lipinski definition) is 0. The standard InChI is InChI=1S/C15H21N/c1-13(2)15-8-10-16(11-9-15)12-14-6-4-3-5-7-14/h3-7H,8-12H2,1-2H3. The first-order chi connectivity index (χ1) is 7.75. The summed E-state index contributed by atoms with van der Waals surface area (Å²) in [5, 5.41) is 0. The zero-order valence-electron chi connectivity index (χ0n) is 10.4. The van der Waals surface area contributed by atoms with E-state index in [2.05, 4.69) is 49.1 Å². The molecule has 1 fully saturated rings. The summed E-state index contributed by atoms with van der Waals surface area (Å²) in [6.45, 7) is 8.02. The summed E-state index contributed by atoms with van der Waals surface area (Å²) in [7, 11) is 0. The molecule has 1 aliphatic heterocycles. The van der Waals surface area contributed by atoms with Crippen LogP contribution in [-0.2, 0) is 6.54 Å². The van der Waals surface area contributed by atoms with Crippen molar-refractivity contribution in [1.29, 1.82) is 0 Å². The highest BCUT2D eigenvalue weighted by Crippen LogP contribution is 2.20. The fraction of sp³-hybridized carbons (Fsp3) is 0.467. The van der Waals surface area contributed by atoms with Gasteiger partial charge in [-0.1, -0.05) is 41.5 Å². The van der Waals surface area contributed by atoms with Crippen LogP contribution in [0.2, 0.25) is 0 Å². The third-order valence-corrected chi connectivity index (χ3v) is 3.42. The Morgan fingerprint density at radius 2 is 1.69 bits per heavy atom. The van der Waals surface area contributed by atoms with E-state index in [1.165, 1.54) is 37.1 Å². The fourth-order valence-corrected chi connectivity index (χ4v) is 2.32. The maximum absolute atomic E-state index is 2.56. The lowest BCUT2D eigenvalue weighted by Gasteiger charge is -2.29. The molecular weight excluding hydrogens is 194 g/mol. The largest absolute Gasteiger partial charge is 0.298 e. The van der Waals surface area contributed by atoms with Crippen molar-refractivity contribution in [3.05, 3.63) is 47.0 Å². The number of piperidine rings is 1. The fourth-order valence-electron chi connectivity index (χ4n) is 2.32. The molecule has 0 aromatic heterocycles. The third-order valence-electron chi connectivity index (χ3n) is 3.42. The second-order valence-electron chi connectivity index (χ2n) is 4.87. The molecule has 0 atom stereocenters. The Morgan fingerprint density at radius 3 is 2.25 bits per heavy atom. The molecular formula is C15H21N. The monoisotopic (exact) mass is 215 g/mol. The number of likely N-dealkylation sites (tertiary alicyclic amines) is 1. The first-order valence-electron chi connectivity index (χ1n) is 6.17. The highest BCUT2D eigenvalue weighted by Gasteiger charge is 2.14. The first kappa shape index (κ1) is 11.4. The molecule has 0 spiro atoms. The quantitative estimate of drug-likeness (QED) is 0.681. The highest BCUT2D eigenvalue weighted by atomic mass is 15.1. The Bertz CT molecular complexity index is 350. The second kappa shape index (κ2) is 5.31. The van der Waals surface area contributed by atoms with Gasteiger partial charge in [-0.3, -0.25) is 4.90 Å². The van der Waals surface area contributed by atoms with Crippen LogP contribution < -0.4 is 0 Å². The van der Waals surface area contributed by atoms with Crippen LogP contribution in [0, 0.1) is 0 Å². The third kappa shape index (κ3) is 2.96. The zero-order chi connectivity index (χ0) is 11.4. The van der Waals surface area contributed by atoms with Crippen LogP contribution in [0.3, 0.4) is 0 Å². The molecule has 1 heterocycles. The van der Waals surface area contributed by atoms with E-state index in [1.807, 2.05) is 0 Å². The smallest absolute Gasteiger partial charge is 0.0233 e. The van der Waals surface area contributed by atoms with Crippen LogP contribution >= 0.6 is 0 Å². The van der Waals surface area contributed by atoms with Crippen LogP contribution in [-0.4, -0.2) is 18.0 Å². The lowest BCUT2D eigenvalue weighted by atomic mass is 9.99. The average molecular weight is 215 g/mol. The van der Waals surface area contributed by atoms with Gasteiger partial charge >= 0.3 is 0 Å². The van der Waals surface area contributed by atoms with E-state index in [-0.39, 0.29) is 0 Å². The number of rotatable bonds is 2. The molecule has 0 radical (unpaired) electrons. The highest BCUT2D eigenvalue weighted by molar-refractivity contribution is 5.16. The van der Waals surface area contributed by atoms with Crippen molar-refractivity contribution in [1.82, 2.24) is 4.90 Å². The van der Waals surface area contributed by atoms with Gasteiger partial charge in [0.25, 0.3) is 0 Å². The predicted molar refractivity (Wildman–Crippen MR) is 69.3 cm³/mol. The summed E-state index contributed by atoms with van der Waals surface area (Å²) in [6.07, 6.45) is 2.52.